The molecule has 2 aromatic carbocycles. The second-order valence-corrected chi connectivity index (χ2v) is 7.03. The van der Waals surface area contributed by atoms with Gasteiger partial charge >= 0.3 is 6.03 Å². The van der Waals surface area contributed by atoms with Crippen molar-refractivity contribution in [3.63, 3.8) is 0 Å². The van der Waals surface area contributed by atoms with Crippen LogP contribution in [0, 0.1) is 6.92 Å². The fourth-order valence-electron chi connectivity index (χ4n) is 3.54. The third kappa shape index (κ3) is 3.28. The number of hydrogen-bond acceptors (Lipinski definition) is 2. The first kappa shape index (κ1) is 15.8. The minimum absolute atomic E-state index is 0.356. The van der Waals surface area contributed by atoms with Crippen LogP contribution in [0.5, 0.6) is 0 Å². The van der Waals surface area contributed by atoms with Crippen LogP contribution in [0.4, 0.5) is 16.2 Å². The molecule has 0 aliphatic carbocycles. The zero-order valence-electron chi connectivity index (χ0n) is 18.3. The Labute approximate surface area is 176 Å². The number of carbonyl (C=O) groups excluding carboxylic acids is 1. The molecule has 3 heterocycles. The number of nitrogens with zero attached hydrogens (tertiary/aromatic N) is 2. The van der Waals surface area contributed by atoms with Gasteiger partial charge in [0.15, 0.2) is 0 Å². The van der Waals surface area contributed by atoms with Gasteiger partial charge in [0.25, 0.3) is 0 Å². The Morgan fingerprint density at radius 1 is 1.03 bits per heavy atom. The molecule has 0 aliphatic heterocycles. The van der Waals surface area contributed by atoms with Gasteiger partial charge in [-0.15, -0.1) is 0 Å². The number of carbonyl (C=O) groups is 1. The van der Waals surface area contributed by atoms with Crippen LogP contribution in [0.3, 0.4) is 0 Å². The second kappa shape index (κ2) is 7.40. The van der Waals surface area contributed by atoms with Crippen molar-refractivity contribution in [2.45, 2.75) is 13.4 Å². The van der Waals surface area contributed by atoms with Gasteiger partial charge in [-0.1, -0.05) is 24.3 Å². The van der Waals surface area contributed by atoms with E-state index in [1.54, 1.807) is 41.4 Å². The number of H-pyrrole nitrogens is 1. The molecule has 6 nitrogen and oxygen atoms in total. The summed E-state index contributed by atoms with van der Waals surface area (Å²) in [6.45, 7) is 0.101. The number of aromatic amines is 1. The van der Waals surface area contributed by atoms with Crippen LogP contribution >= 0.6 is 0 Å². The summed E-state index contributed by atoms with van der Waals surface area (Å²) in [7, 11) is 0. The predicted molar refractivity (Wildman–Crippen MR) is 121 cm³/mol. The Bertz CT molecular complexity index is 1450. The Balaban J connectivity index is 1.49. The summed E-state index contributed by atoms with van der Waals surface area (Å²) in [6, 6.07) is 18.1. The lowest BCUT2D eigenvalue weighted by atomic mass is 10.2. The van der Waals surface area contributed by atoms with Crippen LogP contribution in [0.2, 0.25) is 0 Å². The Kier molecular flexibility index (Phi) is 3.90. The molecule has 5 rings (SSSR count). The molecule has 30 heavy (non-hydrogen) atoms. The van der Waals surface area contributed by atoms with Gasteiger partial charge in [-0.2, -0.15) is 0 Å². The summed E-state index contributed by atoms with van der Waals surface area (Å²) in [5.41, 5.74) is 4.10. The predicted octanol–water partition coefficient (Wildman–Crippen LogP) is 5.52. The Hall–Kier alpha value is -4.06. The summed E-state index contributed by atoms with van der Waals surface area (Å²) in [5.74, 6) is 0. The number of anilines is 2. The minimum atomic E-state index is -1.83. The van der Waals surface area contributed by atoms with E-state index in [9.17, 15) is 4.79 Å². The fourth-order valence-corrected chi connectivity index (χ4v) is 3.54. The van der Waals surface area contributed by atoms with E-state index in [0.717, 1.165) is 22.0 Å². The molecule has 0 aliphatic rings. The monoisotopic (exact) mass is 397 g/mol. The number of benzene rings is 2. The molecule has 0 fully saturated rings. The highest BCUT2D eigenvalue weighted by Crippen LogP contribution is 2.27. The second-order valence-electron chi connectivity index (χ2n) is 7.03. The highest BCUT2D eigenvalue weighted by Gasteiger charge is 2.11. The number of para-hydroxylation sites is 1. The van der Waals surface area contributed by atoms with E-state index in [1.165, 1.54) is 0 Å². The van der Waals surface area contributed by atoms with E-state index in [2.05, 4.69) is 20.6 Å². The number of nitrogens with one attached hydrogen (secondary N) is 3. The highest BCUT2D eigenvalue weighted by molar-refractivity contribution is 6.06. The Morgan fingerprint density at radius 3 is 2.77 bits per heavy atom. The minimum Gasteiger partial charge on any atom is -0.346 e. The zero-order chi connectivity index (χ0) is 22.3. The number of aromatic nitrogens is 3. The summed E-state index contributed by atoms with van der Waals surface area (Å²) in [6.07, 6.45) is 5.02. The van der Waals surface area contributed by atoms with Gasteiger partial charge in [0.1, 0.15) is 5.65 Å². The number of fused-ring (bicyclic) bond motifs is 2. The van der Waals surface area contributed by atoms with E-state index in [1.807, 2.05) is 49.4 Å². The maximum absolute atomic E-state index is 12.6. The highest BCUT2D eigenvalue weighted by atomic mass is 16.2. The third-order valence-electron chi connectivity index (χ3n) is 5.07. The number of amides is 2. The number of hydrogen-bond donors (Lipinski definition) is 3. The lowest BCUT2D eigenvalue weighted by Gasteiger charge is -2.11. The molecule has 0 saturated carbocycles. The number of rotatable bonds is 4. The van der Waals surface area contributed by atoms with Crippen LogP contribution in [-0.4, -0.2) is 20.6 Å². The smallest absolute Gasteiger partial charge is 0.323 e. The molecule has 0 saturated heterocycles. The molecular formula is C24H21N5O. The van der Waals surface area contributed by atoms with E-state index in [-0.39, 0.29) is 6.03 Å². The molecule has 3 N–H and O–H groups in total. The van der Waals surface area contributed by atoms with E-state index >= 15 is 0 Å². The fraction of sp³-hybridized carbons (Fsp3) is 0.0833. The van der Waals surface area contributed by atoms with Crippen molar-refractivity contribution in [2.24, 2.45) is 0 Å². The summed E-state index contributed by atoms with van der Waals surface area (Å²) >= 11 is 0. The van der Waals surface area contributed by atoms with Crippen molar-refractivity contribution in [1.29, 1.82) is 0 Å². The van der Waals surface area contributed by atoms with Crippen LogP contribution in [0.1, 0.15) is 13.9 Å². The molecule has 0 radical (unpaired) electrons. The lowest BCUT2D eigenvalue weighted by molar-refractivity contribution is 0.262. The average Bonchev–Trinajstić information content (AvgIpc) is 3.41. The molecule has 3 aromatic heterocycles. The topological polar surface area (TPSA) is 74.7 Å². The molecule has 0 spiro atoms. The van der Waals surface area contributed by atoms with E-state index in [4.69, 9.17) is 2.74 Å². The standard InChI is InChI=1S/C24H21N5O/c1-16-6-2-3-8-20(16)27-24(30)28-21-9-4-10-22-19(21)11-13-29(22)15-17-14-26-23-18(17)7-5-12-25-23/h2-14H,15H2,1H3,(H,25,26)(H2,27,28,30)/i15D2. The third-order valence-corrected chi connectivity index (χ3v) is 5.07. The molecular weight excluding hydrogens is 374 g/mol. The molecule has 0 atom stereocenters. The summed E-state index contributed by atoms with van der Waals surface area (Å²) in [5, 5.41) is 7.22. The quantitative estimate of drug-likeness (QED) is 0.374. The molecule has 6 heteroatoms. The maximum Gasteiger partial charge on any atom is 0.323 e. The average molecular weight is 397 g/mol. The SMILES string of the molecule is [2H]C([2H])(c1c[nH]c2ncccc12)n1ccc2c(NC(=O)Nc3ccccc3C)cccc21. The van der Waals surface area contributed by atoms with Crippen LogP contribution in [0.25, 0.3) is 21.9 Å². The van der Waals surface area contributed by atoms with Gasteiger partial charge in [-0.05, 0) is 54.4 Å². The first-order valence-corrected chi connectivity index (χ1v) is 9.62. The Morgan fingerprint density at radius 2 is 1.87 bits per heavy atom. The number of pyridine rings is 1. The zero-order valence-corrected chi connectivity index (χ0v) is 16.3. The van der Waals surface area contributed by atoms with Gasteiger partial charge in [0, 0.05) is 41.5 Å². The lowest BCUT2D eigenvalue weighted by Crippen LogP contribution is -2.20. The van der Waals surface area contributed by atoms with Crippen molar-refractivity contribution in [3.8, 4) is 0 Å². The maximum atomic E-state index is 12.6. The normalized spacial score (nSPS) is 12.6. The number of urea groups is 1. The van der Waals surface area contributed by atoms with Crippen molar-refractivity contribution >= 4 is 39.3 Å². The molecule has 148 valence electrons. The summed E-state index contributed by atoms with van der Waals surface area (Å²) in [4.78, 5) is 19.9. The summed E-state index contributed by atoms with van der Waals surface area (Å²) < 4.78 is 19.3. The van der Waals surface area contributed by atoms with Crippen molar-refractivity contribution in [3.05, 3.63) is 90.4 Å². The van der Waals surface area contributed by atoms with Crippen LogP contribution < -0.4 is 10.6 Å². The first-order valence-electron chi connectivity index (χ1n) is 10.6. The largest absolute Gasteiger partial charge is 0.346 e. The van der Waals surface area contributed by atoms with Crippen molar-refractivity contribution in [2.75, 3.05) is 10.6 Å². The van der Waals surface area contributed by atoms with Crippen molar-refractivity contribution < 1.29 is 7.54 Å². The van der Waals surface area contributed by atoms with Crippen molar-refractivity contribution in [1.82, 2.24) is 14.5 Å². The first-order chi connectivity index (χ1) is 15.4. The number of aryl methyl sites for hydroxylation is 1. The van der Waals surface area contributed by atoms with Gasteiger partial charge in [0.05, 0.1) is 13.9 Å². The van der Waals surface area contributed by atoms with Gasteiger partial charge in [-0.25, -0.2) is 9.78 Å². The van der Waals surface area contributed by atoms with E-state index in [0.29, 0.717) is 22.4 Å². The molecule has 0 bridgehead atoms. The van der Waals surface area contributed by atoms with Gasteiger partial charge in [0.2, 0.25) is 0 Å². The van der Waals surface area contributed by atoms with Gasteiger partial charge in [-0.3, -0.25) is 0 Å². The van der Waals surface area contributed by atoms with Crippen LogP contribution in [0.15, 0.2) is 79.3 Å². The molecule has 2 amide bonds. The van der Waals surface area contributed by atoms with E-state index < -0.39 is 6.50 Å². The molecule has 0 unspecified atom stereocenters. The molecule has 5 aromatic rings. The van der Waals surface area contributed by atoms with Crippen LogP contribution in [-0.2, 0) is 6.50 Å². The van der Waals surface area contributed by atoms with Gasteiger partial charge < -0.3 is 20.2 Å².